The maximum absolute atomic E-state index is 13.8. The summed E-state index contributed by atoms with van der Waals surface area (Å²) in [4.78, 5) is 66.4. The fourth-order valence-electron chi connectivity index (χ4n) is 5.37. The van der Waals surface area contributed by atoms with E-state index in [9.17, 15) is 29.1 Å². The molecule has 1 aromatic rings. The standard InChI is InChI=1S/C37H61N7O7/c1-9-14-30(42-37(50)32(24(8)10-2)44-33(46)26(11-3)19-20-40-51)35(48)41-27(21-25-15-17-28(45)18-16-25)22-39-29(12-4)34(47)43-31(23(6)7)36(49)38-13-5/h11,15-20,23-24,27,29-32,39-40,45,51H,9-10,12-14,21-22H2,1-8H3,(H,38,49)(H,41,48)(H,42,50)(H,43,47)(H,44,46)/p+1/b20-19-,26-11+/t24-,27-,29?,30?,31-,32-/m0/s1. The van der Waals surface area contributed by atoms with Gasteiger partial charge in [0.25, 0.3) is 5.91 Å². The van der Waals surface area contributed by atoms with E-state index < -0.39 is 47.9 Å². The van der Waals surface area contributed by atoms with Crippen LogP contribution >= 0.6 is 0 Å². The molecule has 6 atom stereocenters. The van der Waals surface area contributed by atoms with Gasteiger partial charge in [-0.25, -0.2) is 5.21 Å². The van der Waals surface area contributed by atoms with Crippen LogP contribution in [0.2, 0.25) is 0 Å². The molecule has 14 nitrogen and oxygen atoms in total. The van der Waals surface area contributed by atoms with E-state index in [1.54, 1.807) is 37.3 Å². The number of nitrogens with two attached hydrogens (primary N) is 1. The summed E-state index contributed by atoms with van der Waals surface area (Å²) >= 11 is 0. The predicted molar refractivity (Wildman–Crippen MR) is 196 cm³/mol. The van der Waals surface area contributed by atoms with Gasteiger partial charge in [-0.05, 0) is 62.6 Å². The molecule has 0 aliphatic carbocycles. The molecular formula is C37H62N7O7+. The molecule has 0 saturated carbocycles. The maximum Gasteiger partial charge on any atom is 0.251 e. The van der Waals surface area contributed by atoms with Crippen molar-refractivity contribution in [3.63, 3.8) is 0 Å². The highest BCUT2D eigenvalue weighted by molar-refractivity contribution is 5.99. The van der Waals surface area contributed by atoms with Gasteiger partial charge in [0.15, 0.2) is 0 Å². The topological polar surface area (TPSA) is 215 Å². The van der Waals surface area contributed by atoms with Gasteiger partial charge in [-0.2, -0.15) is 5.48 Å². The Morgan fingerprint density at radius 3 is 1.98 bits per heavy atom. The average Bonchev–Trinajstić information content (AvgIpc) is 3.10. The number of hydrogen-bond donors (Lipinski definition) is 9. The number of amides is 5. The van der Waals surface area contributed by atoms with Gasteiger partial charge in [-0.3, -0.25) is 24.0 Å². The number of allylic oxidation sites excluding steroid dienone is 1. The Kier molecular flexibility index (Phi) is 21.1. The number of likely N-dealkylation sites (N-methyl/N-ethyl adjacent to an activating group) is 1. The maximum atomic E-state index is 13.8. The zero-order chi connectivity index (χ0) is 38.5. The third kappa shape index (κ3) is 15.7. The average molecular weight is 717 g/mol. The Bertz CT molecular complexity index is 1320. The first-order valence-corrected chi connectivity index (χ1v) is 18.1. The lowest BCUT2D eigenvalue weighted by Crippen LogP contribution is -2.73. The second-order valence-corrected chi connectivity index (χ2v) is 13.0. The molecule has 0 aromatic heterocycles. The molecule has 0 aliphatic rings. The minimum atomic E-state index is -0.927. The summed E-state index contributed by atoms with van der Waals surface area (Å²) in [5, 5.41) is 36.4. The Morgan fingerprint density at radius 2 is 1.45 bits per heavy atom. The van der Waals surface area contributed by atoms with Crippen LogP contribution < -0.4 is 37.4 Å². The first-order chi connectivity index (χ1) is 24.3. The van der Waals surface area contributed by atoms with E-state index in [1.165, 1.54) is 12.3 Å². The van der Waals surface area contributed by atoms with Crippen molar-refractivity contribution in [2.75, 3.05) is 13.1 Å². The normalized spacial score (nSPS) is 15.3. The summed E-state index contributed by atoms with van der Waals surface area (Å²) in [7, 11) is 0. The number of carbonyl (C=O) groups excluding carboxylic acids is 5. The molecule has 5 amide bonds. The zero-order valence-electron chi connectivity index (χ0n) is 31.5. The van der Waals surface area contributed by atoms with E-state index in [4.69, 9.17) is 5.21 Å². The van der Waals surface area contributed by atoms with Gasteiger partial charge in [0.2, 0.25) is 23.6 Å². The van der Waals surface area contributed by atoms with Crippen LogP contribution in [0, 0.1) is 11.8 Å². The number of quaternary nitrogens is 1. The number of phenols is 1. The van der Waals surface area contributed by atoms with E-state index in [1.807, 2.05) is 48.5 Å². The minimum absolute atomic E-state index is 0.102. The zero-order valence-corrected chi connectivity index (χ0v) is 31.5. The third-order valence-corrected chi connectivity index (χ3v) is 8.63. The molecule has 0 heterocycles. The predicted octanol–water partition coefficient (Wildman–Crippen LogP) is 1.29. The molecule has 1 aromatic carbocycles. The summed E-state index contributed by atoms with van der Waals surface area (Å²) in [6.07, 6.45) is 6.59. The monoisotopic (exact) mass is 716 g/mol. The van der Waals surface area contributed by atoms with Crippen LogP contribution in [0.3, 0.4) is 0 Å². The number of hydroxylamine groups is 1. The van der Waals surface area contributed by atoms with Gasteiger partial charge in [-0.1, -0.05) is 72.6 Å². The number of rotatable bonds is 23. The lowest BCUT2D eigenvalue weighted by atomic mass is 9.97. The lowest BCUT2D eigenvalue weighted by molar-refractivity contribution is -0.838. The molecule has 0 spiro atoms. The van der Waals surface area contributed by atoms with Crippen LogP contribution in [0.5, 0.6) is 5.75 Å². The summed E-state index contributed by atoms with van der Waals surface area (Å²) in [6.45, 7) is 15.3. The van der Waals surface area contributed by atoms with Gasteiger partial charge in [-0.15, -0.1) is 0 Å². The second-order valence-electron chi connectivity index (χ2n) is 13.0. The van der Waals surface area contributed by atoms with Gasteiger partial charge < -0.3 is 37.0 Å². The largest absolute Gasteiger partial charge is 0.508 e. The van der Waals surface area contributed by atoms with Crippen molar-refractivity contribution in [3.05, 3.63) is 53.8 Å². The molecule has 2 unspecified atom stereocenters. The molecule has 0 fully saturated rings. The molecule has 0 radical (unpaired) electrons. The third-order valence-electron chi connectivity index (χ3n) is 8.63. The van der Waals surface area contributed by atoms with Crippen molar-refractivity contribution in [3.8, 4) is 5.75 Å². The van der Waals surface area contributed by atoms with Crippen molar-refractivity contribution in [2.45, 2.75) is 118 Å². The molecule has 0 bridgehead atoms. The SMILES string of the molecule is C/C=C(\C=C/[NH2+]O)C(=O)N[C@H](C(=O)NC(CCC)C(=O)N[C@H](CNC(CC)C(=O)N[C@H](C(=O)NCC)C(C)C)Cc1ccc(O)cc1)[C@@H](C)CC. The quantitative estimate of drug-likeness (QED) is 0.0456. The van der Waals surface area contributed by atoms with Crippen molar-refractivity contribution in [1.82, 2.24) is 31.9 Å². The van der Waals surface area contributed by atoms with Crippen LogP contribution in [-0.2, 0) is 30.4 Å². The molecule has 0 saturated heterocycles. The first-order valence-electron chi connectivity index (χ1n) is 18.1. The number of carbonyl (C=O) groups is 5. The van der Waals surface area contributed by atoms with Crippen molar-refractivity contribution in [1.29, 1.82) is 0 Å². The molecule has 0 aliphatic heterocycles. The Hall–Kier alpha value is -4.27. The smallest absolute Gasteiger partial charge is 0.251 e. The second kappa shape index (κ2) is 24.0. The van der Waals surface area contributed by atoms with E-state index in [2.05, 4.69) is 31.9 Å². The highest BCUT2D eigenvalue weighted by Gasteiger charge is 2.32. The van der Waals surface area contributed by atoms with Crippen LogP contribution in [0.1, 0.15) is 86.6 Å². The summed E-state index contributed by atoms with van der Waals surface area (Å²) < 4.78 is 0. The van der Waals surface area contributed by atoms with E-state index in [-0.39, 0.29) is 41.5 Å². The Balaban J connectivity index is 3.23. The van der Waals surface area contributed by atoms with Crippen LogP contribution in [-0.4, -0.2) is 83.1 Å². The van der Waals surface area contributed by atoms with E-state index in [0.29, 0.717) is 38.6 Å². The lowest BCUT2D eigenvalue weighted by Gasteiger charge is -2.29. The molecule has 14 heteroatoms. The number of aromatic hydroxyl groups is 1. The fraction of sp³-hybridized carbons (Fsp3) is 0.595. The highest BCUT2D eigenvalue weighted by atomic mass is 16.5. The Morgan fingerprint density at radius 1 is 0.804 bits per heavy atom. The number of nitrogens with one attached hydrogen (secondary N) is 6. The number of benzene rings is 1. The highest BCUT2D eigenvalue weighted by Crippen LogP contribution is 2.14. The van der Waals surface area contributed by atoms with Crippen LogP contribution in [0.4, 0.5) is 0 Å². The Labute approximate surface area is 303 Å². The summed E-state index contributed by atoms with van der Waals surface area (Å²) in [5.41, 5.74) is 1.90. The molecule has 1 rings (SSSR count). The number of hydrogen-bond acceptors (Lipinski definition) is 8. The van der Waals surface area contributed by atoms with Crippen molar-refractivity contribution >= 4 is 29.5 Å². The molecule has 286 valence electrons. The summed E-state index contributed by atoms with van der Waals surface area (Å²) in [5.74, 6) is -2.29. The van der Waals surface area contributed by atoms with E-state index in [0.717, 1.165) is 11.0 Å². The first kappa shape index (κ1) is 44.8. The van der Waals surface area contributed by atoms with E-state index >= 15 is 0 Å². The van der Waals surface area contributed by atoms with Crippen molar-refractivity contribution < 1.29 is 39.8 Å². The van der Waals surface area contributed by atoms with Crippen molar-refractivity contribution in [2.24, 2.45) is 11.8 Å². The fourth-order valence-corrected chi connectivity index (χ4v) is 5.37. The van der Waals surface area contributed by atoms with Gasteiger partial charge in [0, 0.05) is 30.8 Å². The van der Waals surface area contributed by atoms with Crippen LogP contribution in [0.25, 0.3) is 0 Å². The molecular weight excluding hydrogens is 654 g/mol. The van der Waals surface area contributed by atoms with Gasteiger partial charge >= 0.3 is 0 Å². The summed E-state index contributed by atoms with van der Waals surface area (Å²) in [6, 6.07) is 2.88. The van der Waals surface area contributed by atoms with Gasteiger partial charge in [0.1, 0.15) is 30.1 Å². The van der Waals surface area contributed by atoms with Crippen LogP contribution in [0.15, 0.2) is 48.2 Å². The molecule has 10 N–H and O–H groups in total. The van der Waals surface area contributed by atoms with Gasteiger partial charge in [0.05, 0.1) is 6.04 Å². The molecule has 51 heavy (non-hydrogen) atoms. The minimum Gasteiger partial charge on any atom is -0.508 e. The number of phenolic OH excluding ortho intramolecular Hbond substituents is 1.